The number of benzene rings is 2. The number of allylic oxidation sites excluding steroid dienone is 1. The van der Waals surface area contributed by atoms with Gasteiger partial charge in [-0.3, -0.25) is 9.79 Å². The molecule has 0 aliphatic carbocycles. The number of halogens is 5. The molecule has 2 aromatic carbocycles. The standard InChI is InChI=1S/C28H21F5N6O2/c29-18-10-15(41-27-23(32)19(30)11-20(31)24(27)33)3-4-17(18)26-22-25(37-13-38-28(22)35)16(5-8-36-26)14-6-9-39(12-14)21(40)2-1-7-34/h1-4,10-11,13-14,16H,5-6,8-9,12H2,(H2,35,37,38)/b2-1-/t14?,16-/m0/s1. The van der Waals surface area contributed by atoms with Crippen LogP contribution < -0.4 is 10.5 Å². The average Bonchev–Trinajstić information content (AvgIpc) is 3.36. The van der Waals surface area contributed by atoms with Crippen LogP contribution in [0.1, 0.15) is 35.6 Å². The molecule has 0 saturated carbocycles. The highest BCUT2D eigenvalue weighted by Gasteiger charge is 2.36. The lowest BCUT2D eigenvalue weighted by Gasteiger charge is -2.24. The summed E-state index contributed by atoms with van der Waals surface area (Å²) >= 11 is 0. The van der Waals surface area contributed by atoms with Gasteiger partial charge in [0.1, 0.15) is 23.7 Å². The number of hydrogen-bond acceptors (Lipinski definition) is 7. The Morgan fingerprint density at radius 1 is 1.07 bits per heavy atom. The molecule has 2 atom stereocenters. The highest BCUT2D eigenvalue weighted by Crippen LogP contribution is 2.39. The van der Waals surface area contributed by atoms with Crippen molar-refractivity contribution in [3.8, 4) is 17.6 Å². The maximum absolute atomic E-state index is 15.4. The highest BCUT2D eigenvalue weighted by molar-refractivity contribution is 6.16. The summed E-state index contributed by atoms with van der Waals surface area (Å²) in [5, 5.41) is 8.70. The van der Waals surface area contributed by atoms with Gasteiger partial charge >= 0.3 is 0 Å². The molecule has 1 unspecified atom stereocenters. The summed E-state index contributed by atoms with van der Waals surface area (Å²) in [4.78, 5) is 27.1. The van der Waals surface area contributed by atoms with Gasteiger partial charge in [-0.1, -0.05) is 0 Å². The third-order valence-corrected chi connectivity index (χ3v) is 7.10. The van der Waals surface area contributed by atoms with Crippen LogP contribution in [0.5, 0.6) is 11.5 Å². The van der Waals surface area contributed by atoms with E-state index in [9.17, 15) is 22.4 Å². The van der Waals surface area contributed by atoms with Crippen LogP contribution in [0.15, 0.2) is 47.7 Å². The molecule has 1 saturated heterocycles. The fourth-order valence-corrected chi connectivity index (χ4v) is 5.19. The van der Waals surface area contributed by atoms with Gasteiger partial charge in [-0.2, -0.15) is 14.0 Å². The summed E-state index contributed by atoms with van der Waals surface area (Å²) in [5.41, 5.74) is 7.22. The van der Waals surface area contributed by atoms with Crippen molar-refractivity contribution in [2.45, 2.75) is 18.8 Å². The number of amides is 1. The normalized spacial score (nSPS) is 18.5. The summed E-state index contributed by atoms with van der Waals surface area (Å²) in [6.07, 6.45) is 4.84. The van der Waals surface area contributed by atoms with Crippen molar-refractivity contribution in [3.63, 3.8) is 0 Å². The van der Waals surface area contributed by atoms with Crippen LogP contribution in [0.3, 0.4) is 0 Å². The Balaban J connectivity index is 1.45. The minimum absolute atomic E-state index is 0.00545. The maximum atomic E-state index is 15.4. The minimum Gasteiger partial charge on any atom is -0.451 e. The molecule has 1 aromatic heterocycles. The molecule has 3 aromatic rings. The first kappa shape index (κ1) is 27.7. The third kappa shape index (κ3) is 5.32. The van der Waals surface area contributed by atoms with Crippen LogP contribution in [0.4, 0.5) is 27.8 Å². The number of fused-ring (bicyclic) bond motifs is 1. The first-order valence-corrected chi connectivity index (χ1v) is 12.5. The van der Waals surface area contributed by atoms with Gasteiger partial charge in [0.25, 0.3) is 0 Å². The summed E-state index contributed by atoms with van der Waals surface area (Å²) in [6.45, 7) is 1.18. The molecular formula is C28H21F5N6O2. The molecule has 0 radical (unpaired) electrons. The van der Waals surface area contributed by atoms with Gasteiger partial charge in [0, 0.05) is 55.4 Å². The second kappa shape index (κ2) is 11.3. The molecule has 0 spiro atoms. The van der Waals surface area contributed by atoms with Gasteiger partial charge in [-0.15, -0.1) is 0 Å². The van der Waals surface area contributed by atoms with E-state index >= 15 is 4.39 Å². The topological polar surface area (TPSA) is 117 Å². The van der Waals surface area contributed by atoms with Crippen LogP contribution in [-0.4, -0.2) is 46.1 Å². The molecule has 2 aliphatic rings. The predicted octanol–water partition coefficient (Wildman–Crippen LogP) is 4.80. The van der Waals surface area contributed by atoms with E-state index in [0.717, 1.165) is 12.1 Å². The molecule has 13 heteroatoms. The van der Waals surface area contributed by atoms with Crippen molar-refractivity contribution < 1.29 is 31.5 Å². The molecule has 1 amide bonds. The van der Waals surface area contributed by atoms with Crippen molar-refractivity contribution in [3.05, 3.63) is 88.7 Å². The lowest BCUT2D eigenvalue weighted by atomic mass is 9.83. The zero-order valence-electron chi connectivity index (χ0n) is 21.3. The molecule has 2 aliphatic heterocycles. The van der Waals surface area contributed by atoms with E-state index in [0.29, 0.717) is 37.2 Å². The number of hydrogen-bond donors (Lipinski definition) is 1. The molecule has 0 bridgehead atoms. The average molecular weight is 569 g/mol. The Kier molecular flexibility index (Phi) is 7.65. The Morgan fingerprint density at radius 3 is 2.54 bits per heavy atom. The fraction of sp³-hybridized carbons (Fsp3) is 0.250. The summed E-state index contributed by atoms with van der Waals surface area (Å²) < 4.78 is 75.7. The second-order valence-electron chi connectivity index (χ2n) is 9.48. The number of carbonyl (C=O) groups is 1. The van der Waals surface area contributed by atoms with Gasteiger partial charge in [0.2, 0.25) is 23.3 Å². The van der Waals surface area contributed by atoms with E-state index in [-0.39, 0.29) is 47.4 Å². The Labute approximate surface area is 230 Å². The van der Waals surface area contributed by atoms with Gasteiger partial charge in [0.15, 0.2) is 11.6 Å². The zero-order chi connectivity index (χ0) is 29.3. The second-order valence-corrected chi connectivity index (χ2v) is 9.48. The number of nitriles is 1. The van der Waals surface area contributed by atoms with Crippen LogP contribution >= 0.6 is 0 Å². The van der Waals surface area contributed by atoms with E-state index in [2.05, 4.69) is 15.0 Å². The Morgan fingerprint density at radius 2 is 1.83 bits per heavy atom. The molecular weight excluding hydrogens is 547 g/mol. The lowest BCUT2D eigenvalue weighted by molar-refractivity contribution is -0.125. The first-order chi connectivity index (χ1) is 19.7. The number of aromatic nitrogens is 2. The molecule has 2 N–H and O–H groups in total. The van der Waals surface area contributed by atoms with E-state index < -0.39 is 40.6 Å². The number of ether oxygens (including phenoxy) is 1. The Bertz CT molecular complexity index is 1610. The molecule has 5 rings (SSSR count). The van der Waals surface area contributed by atoms with Crippen molar-refractivity contribution in [1.82, 2.24) is 14.9 Å². The van der Waals surface area contributed by atoms with E-state index in [1.54, 1.807) is 11.0 Å². The molecule has 3 heterocycles. The van der Waals surface area contributed by atoms with Crippen molar-refractivity contribution in [1.29, 1.82) is 5.26 Å². The summed E-state index contributed by atoms with van der Waals surface area (Å²) in [7, 11) is 0. The number of nitrogens with two attached hydrogens (primary N) is 1. The minimum atomic E-state index is -1.76. The zero-order valence-corrected chi connectivity index (χ0v) is 21.3. The van der Waals surface area contributed by atoms with Crippen LogP contribution in [0, 0.1) is 46.3 Å². The first-order valence-electron chi connectivity index (χ1n) is 12.5. The number of nitrogens with zero attached hydrogens (tertiary/aromatic N) is 5. The van der Waals surface area contributed by atoms with Crippen molar-refractivity contribution in [2.24, 2.45) is 10.9 Å². The van der Waals surface area contributed by atoms with Gasteiger partial charge in [-0.05, 0) is 30.9 Å². The van der Waals surface area contributed by atoms with Crippen LogP contribution in [-0.2, 0) is 4.79 Å². The fourth-order valence-electron chi connectivity index (χ4n) is 5.19. The molecule has 210 valence electrons. The SMILES string of the molecule is N#C/C=C\C(=O)N1CCC([C@@H]2CCN=C(c3ccc(Oc4c(F)c(F)cc(F)c4F)cc3F)c3c(N)ncnc32)C1. The van der Waals surface area contributed by atoms with Gasteiger partial charge in [0.05, 0.1) is 23.0 Å². The Hall–Kier alpha value is -4.86. The number of rotatable bonds is 5. The molecule has 41 heavy (non-hydrogen) atoms. The number of carbonyl (C=O) groups excluding carboxylic acids is 1. The number of likely N-dealkylation sites (tertiary alicyclic amines) is 1. The van der Waals surface area contributed by atoms with Crippen LogP contribution in [0.2, 0.25) is 0 Å². The molecule has 8 nitrogen and oxygen atoms in total. The lowest BCUT2D eigenvalue weighted by Crippen LogP contribution is -2.28. The van der Waals surface area contributed by atoms with E-state index in [4.69, 9.17) is 15.7 Å². The monoisotopic (exact) mass is 568 g/mol. The summed E-state index contributed by atoms with van der Waals surface area (Å²) in [5.74, 6) is -9.94. The number of anilines is 1. The van der Waals surface area contributed by atoms with Gasteiger partial charge in [-0.25, -0.2) is 23.1 Å². The van der Waals surface area contributed by atoms with Gasteiger partial charge < -0.3 is 15.4 Å². The predicted molar refractivity (Wildman–Crippen MR) is 136 cm³/mol. The number of aliphatic imine (C=N–C) groups is 1. The van der Waals surface area contributed by atoms with E-state index in [1.807, 2.05) is 0 Å². The van der Waals surface area contributed by atoms with Crippen molar-refractivity contribution in [2.75, 3.05) is 25.4 Å². The molecule has 1 fully saturated rings. The quantitative estimate of drug-likeness (QED) is 0.205. The smallest absolute Gasteiger partial charge is 0.247 e. The van der Waals surface area contributed by atoms with Crippen LogP contribution in [0.25, 0.3) is 0 Å². The number of nitrogen functional groups attached to an aromatic ring is 1. The van der Waals surface area contributed by atoms with E-state index in [1.165, 1.54) is 24.5 Å². The maximum Gasteiger partial charge on any atom is 0.247 e. The highest BCUT2D eigenvalue weighted by atomic mass is 19.2. The third-order valence-electron chi connectivity index (χ3n) is 7.10. The summed E-state index contributed by atoms with van der Waals surface area (Å²) in [6, 6.07) is 5.04. The largest absolute Gasteiger partial charge is 0.451 e. The van der Waals surface area contributed by atoms with Crippen molar-refractivity contribution >= 4 is 17.4 Å².